The lowest BCUT2D eigenvalue weighted by atomic mass is 10.0. The highest BCUT2D eigenvalue weighted by atomic mass is 79.9. The predicted octanol–water partition coefficient (Wildman–Crippen LogP) is 4.58. The van der Waals surface area contributed by atoms with Crippen molar-refractivity contribution in [3.63, 3.8) is 0 Å². The largest absolute Gasteiger partial charge is 0.418 e. The summed E-state index contributed by atoms with van der Waals surface area (Å²) in [6, 6.07) is 2.58. The van der Waals surface area contributed by atoms with E-state index >= 15 is 0 Å². The van der Waals surface area contributed by atoms with E-state index in [0.717, 1.165) is 6.92 Å². The van der Waals surface area contributed by atoms with Gasteiger partial charge in [-0.3, -0.25) is 4.79 Å². The van der Waals surface area contributed by atoms with Crippen LogP contribution in [0.2, 0.25) is 0 Å². The molecule has 0 saturated carbocycles. The smallest absolute Gasteiger partial charge is 0.267 e. The van der Waals surface area contributed by atoms with Gasteiger partial charge in [-0.1, -0.05) is 29.8 Å². The van der Waals surface area contributed by atoms with Gasteiger partial charge in [0.15, 0.2) is 0 Å². The van der Waals surface area contributed by atoms with Gasteiger partial charge in [-0.05, 0) is 30.5 Å². The van der Waals surface area contributed by atoms with Crippen LogP contribution in [0.1, 0.15) is 36.5 Å². The van der Waals surface area contributed by atoms with Crippen molar-refractivity contribution >= 4 is 15.9 Å². The molecule has 0 amide bonds. The third kappa shape index (κ3) is 3.31. The third-order valence-corrected chi connectivity index (χ3v) is 4.13. The van der Waals surface area contributed by atoms with Crippen molar-refractivity contribution in [2.75, 3.05) is 0 Å². The summed E-state index contributed by atoms with van der Waals surface area (Å²) >= 11 is 3.23. The van der Waals surface area contributed by atoms with Crippen molar-refractivity contribution in [3.05, 3.63) is 55.7 Å². The number of benzene rings is 1. The van der Waals surface area contributed by atoms with Gasteiger partial charge in [-0.25, -0.2) is 4.39 Å². The zero-order chi connectivity index (χ0) is 17.5. The minimum atomic E-state index is -4.68. The topological polar surface area (TPSA) is 34.9 Å². The Morgan fingerprint density at radius 3 is 2.39 bits per heavy atom. The summed E-state index contributed by atoms with van der Waals surface area (Å²) in [4.78, 5) is 12.2. The van der Waals surface area contributed by atoms with E-state index in [4.69, 9.17) is 0 Å². The van der Waals surface area contributed by atoms with Crippen LogP contribution in [0.5, 0.6) is 0 Å². The lowest BCUT2D eigenvalue weighted by molar-refractivity contribution is -0.138. The fourth-order valence-corrected chi connectivity index (χ4v) is 2.93. The Labute approximate surface area is 138 Å². The lowest BCUT2D eigenvalue weighted by Gasteiger charge is -2.15. The summed E-state index contributed by atoms with van der Waals surface area (Å²) in [5.74, 6) is -0.731. The quantitative estimate of drug-likeness (QED) is 0.700. The second-order valence-electron chi connectivity index (χ2n) is 5.38. The van der Waals surface area contributed by atoms with Crippen LogP contribution in [-0.2, 0) is 6.18 Å². The van der Waals surface area contributed by atoms with Gasteiger partial charge in [0.25, 0.3) is 5.56 Å². The van der Waals surface area contributed by atoms with Crippen molar-refractivity contribution in [1.29, 1.82) is 0 Å². The Bertz CT molecular complexity index is 812. The fraction of sp³-hybridized carbons (Fsp3) is 0.333. The molecule has 0 saturated heterocycles. The molecule has 0 fully saturated rings. The van der Waals surface area contributed by atoms with E-state index in [0.29, 0.717) is 20.9 Å². The third-order valence-electron chi connectivity index (χ3n) is 3.44. The van der Waals surface area contributed by atoms with Crippen molar-refractivity contribution in [1.82, 2.24) is 9.78 Å². The zero-order valence-electron chi connectivity index (χ0n) is 12.5. The predicted molar refractivity (Wildman–Crippen MR) is 81.3 cm³/mol. The highest BCUT2D eigenvalue weighted by molar-refractivity contribution is 9.10. The highest BCUT2D eigenvalue weighted by Gasteiger charge is 2.34. The van der Waals surface area contributed by atoms with Crippen LogP contribution in [0.4, 0.5) is 17.6 Å². The molecule has 0 bridgehead atoms. The molecule has 0 aliphatic heterocycles. The Balaban J connectivity index is 2.72. The molecule has 0 unspecified atom stereocenters. The van der Waals surface area contributed by atoms with Gasteiger partial charge >= 0.3 is 6.18 Å². The van der Waals surface area contributed by atoms with E-state index in [1.807, 2.05) is 13.8 Å². The second-order valence-corrected chi connectivity index (χ2v) is 6.23. The molecule has 0 atom stereocenters. The van der Waals surface area contributed by atoms with Gasteiger partial charge in [0, 0.05) is 10.0 Å². The lowest BCUT2D eigenvalue weighted by Crippen LogP contribution is -2.28. The van der Waals surface area contributed by atoms with Gasteiger partial charge in [0.2, 0.25) is 0 Å². The van der Waals surface area contributed by atoms with Gasteiger partial charge in [0.05, 0.1) is 11.8 Å². The Hall–Kier alpha value is -1.70. The number of hydrogen-bond acceptors (Lipinski definition) is 2. The van der Waals surface area contributed by atoms with Crippen molar-refractivity contribution in [3.8, 4) is 5.69 Å². The van der Waals surface area contributed by atoms with E-state index in [-0.39, 0.29) is 11.6 Å². The van der Waals surface area contributed by atoms with Crippen LogP contribution in [0.15, 0.2) is 27.6 Å². The van der Waals surface area contributed by atoms with Gasteiger partial charge < -0.3 is 0 Å². The van der Waals surface area contributed by atoms with Gasteiger partial charge in [-0.2, -0.15) is 23.0 Å². The molecule has 1 heterocycles. The molecule has 3 nitrogen and oxygen atoms in total. The van der Waals surface area contributed by atoms with Crippen LogP contribution in [0.25, 0.3) is 5.69 Å². The molecule has 2 rings (SSSR count). The van der Waals surface area contributed by atoms with Crippen molar-refractivity contribution in [2.45, 2.75) is 32.9 Å². The van der Waals surface area contributed by atoms with Gasteiger partial charge in [-0.15, -0.1) is 0 Å². The number of aromatic nitrogens is 2. The minimum absolute atomic E-state index is 0.0231. The van der Waals surface area contributed by atoms with Crippen molar-refractivity contribution in [2.24, 2.45) is 0 Å². The normalized spacial score (nSPS) is 12.0. The fourth-order valence-electron chi connectivity index (χ4n) is 2.15. The second kappa shape index (κ2) is 6.07. The van der Waals surface area contributed by atoms with Gasteiger partial charge in [0.1, 0.15) is 11.5 Å². The van der Waals surface area contributed by atoms with E-state index in [1.165, 1.54) is 12.1 Å². The zero-order valence-corrected chi connectivity index (χ0v) is 14.1. The SMILES string of the molecule is Cc1c(C(F)(F)F)cnn(-c2cc(C(C)C)c(Br)cc2F)c1=O. The molecule has 1 aromatic carbocycles. The maximum atomic E-state index is 14.2. The highest BCUT2D eigenvalue weighted by Crippen LogP contribution is 2.31. The Kier molecular flexibility index (Phi) is 4.66. The first-order chi connectivity index (χ1) is 10.5. The first-order valence-electron chi connectivity index (χ1n) is 6.69. The van der Waals surface area contributed by atoms with E-state index in [1.54, 1.807) is 0 Å². The molecule has 0 radical (unpaired) electrons. The Morgan fingerprint density at radius 1 is 1.26 bits per heavy atom. The molecule has 8 heteroatoms. The summed E-state index contributed by atoms with van der Waals surface area (Å²) in [7, 11) is 0. The van der Waals surface area contributed by atoms with Crippen LogP contribution >= 0.6 is 15.9 Å². The molecular weight excluding hydrogens is 380 g/mol. The van der Waals surface area contributed by atoms with E-state index < -0.39 is 28.7 Å². The summed E-state index contributed by atoms with van der Waals surface area (Å²) in [5.41, 5.74) is -2.12. The van der Waals surface area contributed by atoms with Crippen molar-refractivity contribution < 1.29 is 17.6 Å². The number of hydrogen-bond donors (Lipinski definition) is 0. The maximum absolute atomic E-state index is 14.2. The molecule has 0 aliphatic carbocycles. The summed E-state index contributed by atoms with van der Waals surface area (Å²) < 4.78 is 53.7. The molecule has 2 aromatic rings. The van der Waals surface area contributed by atoms with Crippen LogP contribution in [0.3, 0.4) is 0 Å². The average Bonchev–Trinajstić information content (AvgIpc) is 2.40. The molecule has 0 spiro atoms. The first-order valence-corrected chi connectivity index (χ1v) is 7.48. The van der Waals surface area contributed by atoms with E-state index in [9.17, 15) is 22.4 Å². The van der Waals surface area contributed by atoms with Crippen LogP contribution in [0, 0.1) is 12.7 Å². The van der Waals surface area contributed by atoms with Crippen LogP contribution in [-0.4, -0.2) is 9.78 Å². The molecule has 1 aromatic heterocycles. The molecule has 0 aliphatic rings. The summed E-state index contributed by atoms with van der Waals surface area (Å²) in [6.45, 7) is 4.79. The molecular formula is C15H13BrF4N2O. The monoisotopic (exact) mass is 392 g/mol. The maximum Gasteiger partial charge on any atom is 0.418 e. The molecule has 23 heavy (non-hydrogen) atoms. The van der Waals surface area contributed by atoms with E-state index in [2.05, 4.69) is 21.0 Å². The van der Waals surface area contributed by atoms with Crippen LogP contribution < -0.4 is 5.56 Å². The number of rotatable bonds is 2. The summed E-state index contributed by atoms with van der Waals surface area (Å²) in [6.07, 6.45) is -4.15. The first kappa shape index (κ1) is 17.7. The average molecular weight is 393 g/mol. The minimum Gasteiger partial charge on any atom is -0.267 e. The number of alkyl halides is 3. The number of halogens is 5. The Morgan fingerprint density at radius 2 is 1.87 bits per heavy atom. The molecule has 0 N–H and O–H groups in total. The number of nitrogens with zero attached hydrogens (tertiary/aromatic N) is 2. The summed E-state index contributed by atoms with van der Waals surface area (Å²) in [5, 5.41) is 3.50. The molecule has 124 valence electrons. The standard InChI is InChI=1S/C15H13BrF4N2O/c1-7(2)9-4-13(12(17)5-11(9)16)22-14(23)8(3)10(6-21-22)15(18,19)20/h4-7H,1-3H3.